The third kappa shape index (κ3) is 4.74. The number of amides is 3. The topological polar surface area (TPSA) is 140 Å². The van der Waals surface area contributed by atoms with Gasteiger partial charge in [-0.25, -0.2) is 0 Å². The number of nitro benzene ring substituents is 1. The Kier molecular flexibility index (Phi) is 5.81. The number of hydrogen-bond acceptors (Lipinski definition) is 6. The number of hydrazine groups is 1. The first kappa shape index (κ1) is 16.9. The number of nitro groups is 1. The first-order chi connectivity index (χ1) is 10.3. The van der Waals surface area contributed by atoms with E-state index in [1.807, 2.05) is 0 Å². The number of rotatable bonds is 5. The predicted molar refractivity (Wildman–Crippen MR) is 73.9 cm³/mol. The molecule has 118 valence electrons. The maximum atomic E-state index is 11.8. The summed E-state index contributed by atoms with van der Waals surface area (Å²) in [5, 5.41) is 13.1. The number of nitrogens with zero attached hydrogens (tertiary/aromatic N) is 1. The van der Waals surface area contributed by atoms with Gasteiger partial charge in [0.2, 0.25) is 5.91 Å². The Morgan fingerprint density at radius 3 is 2.50 bits per heavy atom. The Hall–Kier alpha value is -3.17. The van der Waals surface area contributed by atoms with Crippen LogP contribution < -0.4 is 20.9 Å². The lowest BCUT2D eigenvalue weighted by molar-refractivity contribution is -0.385. The van der Waals surface area contributed by atoms with Crippen LogP contribution in [0.3, 0.4) is 0 Å². The van der Waals surface area contributed by atoms with Crippen molar-refractivity contribution in [1.29, 1.82) is 0 Å². The summed E-state index contributed by atoms with van der Waals surface area (Å²) in [6.45, 7) is 0.800. The molecule has 0 radical (unpaired) electrons. The highest BCUT2D eigenvalue weighted by atomic mass is 16.6. The zero-order chi connectivity index (χ0) is 16.7. The molecule has 0 saturated carbocycles. The Morgan fingerprint density at radius 2 is 1.95 bits per heavy atom. The van der Waals surface area contributed by atoms with Gasteiger partial charge in [-0.15, -0.1) is 0 Å². The van der Waals surface area contributed by atoms with Gasteiger partial charge >= 0.3 is 5.69 Å². The SMILES string of the molecule is COc1ccc(C(=O)NCC(=O)NNC(C)=O)cc1[N+](=O)[O-]. The van der Waals surface area contributed by atoms with Crippen LogP contribution in [0.2, 0.25) is 0 Å². The van der Waals surface area contributed by atoms with Crippen molar-refractivity contribution in [3.8, 4) is 5.75 Å². The molecule has 3 N–H and O–H groups in total. The number of hydrogen-bond donors (Lipinski definition) is 3. The van der Waals surface area contributed by atoms with Crippen LogP contribution in [0.4, 0.5) is 5.69 Å². The quantitative estimate of drug-likeness (QED) is 0.495. The van der Waals surface area contributed by atoms with E-state index >= 15 is 0 Å². The molecule has 3 amide bonds. The second-order valence-electron chi connectivity index (χ2n) is 4.06. The van der Waals surface area contributed by atoms with Crippen LogP contribution in [0.25, 0.3) is 0 Å². The molecule has 0 unspecified atom stereocenters. The van der Waals surface area contributed by atoms with Gasteiger partial charge in [0.25, 0.3) is 11.8 Å². The van der Waals surface area contributed by atoms with Gasteiger partial charge in [0.1, 0.15) is 0 Å². The summed E-state index contributed by atoms with van der Waals surface area (Å²) >= 11 is 0. The zero-order valence-electron chi connectivity index (χ0n) is 11.8. The van der Waals surface area contributed by atoms with E-state index in [9.17, 15) is 24.5 Å². The smallest absolute Gasteiger partial charge is 0.311 e. The highest BCUT2D eigenvalue weighted by Crippen LogP contribution is 2.27. The third-order valence-corrected chi connectivity index (χ3v) is 2.43. The molecule has 10 heteroatoms. The highest BCUT2D eigenvalue weighted by Gasteiger charge is 2.18. The van der Waals surface area contributed by atoms with Gasteiger partial charge < -0.3 is 10.1 Å². The minimum Gasteiger partial charge on any atom is -0.490 e. The summed E-state index contributed by atoms with van der Waals surface area (Å²) in [6, 6.07) is 3.65. The van der Waals surface area contributed by atoms with Gasteiger partial charge in [-0.2, -0.15) is 0 Å². The maximum absolute atomic E-state index is 11.8. The van der Waals surface area contributed by atoms with E-state index in [1.54, 1.807) is 0 Å². The van der Waals surface area contributed by atoms with Gasteiger partial charge in [-0.05, 0) is 12.1 Å². The minimum absolute atomic E-state index is 0.000160. The molecule has 1 rings (SSSR count). The standard InChI is InChI=1S/C12H14N4O6/c1-7(17)14-15-11(18)6-13-12(19)8-3-4-10(22-2)9(5-8)16(20)21/h3-5H,6H2,1-2H3,(H,13,19)(H,14,17)(H,15,18). The first-order valence-electron chi connectivity index (χ1n) is 6.01. The molecule has 10 nitrogen and oxygen atoms in total. The molecule has 0 aromatic heterocycles. The molecule has 0 bridgehead atoms. The van der Waals surface area contributed by atoms with Gasteiger partial charge in [-0.3, -0.25) is 35.3 Å². The fourth-order valence-corrected chi connectivity index (χ4v) is 1.44. The Balaban J connectivity index is 2.70. The molecule has 0 saturated heterocycles. The molecule has 0 spiro atoms. The van der Waals surface area contributed by atoms with E-state index in [4.69, 9.17) is 4.74 Å². The number of nitrogens with one attached hydrogen (secondary N) is 3. The molecule has 0 aliphatic rings. The van der Waals surface area contributed by atoms with Crippen molar-refractivity contribution in [2.24, 2.45) is 0 Å². The molecule has 0 aliphatic carbocycles. The molecule has 0 fully saturated rings. The van der Waals surface area contributed by atoms with Gasteiger partial charge in [0, 0.05) is 18.6 Å². The van der Waals surface area contributed by atoms with Crippen LogP contribution >= 0.6 is 0 Å². The molecule has 1 aromatic carbocycles. The highest BCUT2D eigenvalue weighted by molar-refractivity contribution is 5.97. The molecular formula is C12H14N4O6. The van der Waals surface area contributed by atoms with Crippen molar-refractivity contribution in [3.05, 3.63) is 33.9 Å². The van der Waals surface area contributed by atoms with E-state index in [1.165, 1.54) is 26.2 Å². The lowest BCUT2D eigenvalue weighted by atomic mass is 10.1. The normalized spacial score (nSPS) is 9.55. The van der Waals surface area contributed by atoms with Crippen molar-refractivity contribution >= 4 is 23.4 Å². The number of carbonyl (C=O) groups excluding carboxylic acids is 3. The third-order valence-electron chi connectivity index (χ3n) is 2.43. The van der Waals surface area contributed by atoms with Gasteiger partial charge in [-0.1, -0.05) is 0 Å². The van der Waals surface area contributed by atoms with Crippen molar-refractivity contribution in [2.45, 2.75) is 6.92 Å². The summed E-state index contributed by atoms with van der Waals surface area (Å²) in [5.41, 5.74) is 3.74. The first-order valence-corrected chi connectivity index (χ1v) is 6.01. The zero-order valence-corrected chi connectivity index (χ0v) is 11.8. The van der Waals surface area contributed by atoms with Crippen LogP contribution in [0.5, 0.6) is 5.75 Å². The molecule has 0 atom stereocenters. The lowest BCUT2D eigenvalue weighted by Gasteiger charge is -2.07. The Bertz CT molecular complexity index is 616. The van der Waals surface area contributed by atoms with Gasteiger partial charge in [0.05, 0.1) is 18.6 Å². The number of benzene rings is 1. The number of methoxy groups -OCH3 is 1. The van der Waals surface area contributed by atoms with Crippen LogP contribution in [-0.2, 0) is 9.59 Å². The summed E-state index contributed by atoms with van der Waals surface area (Å²) in [4.78, 5) is 43.9. The number of carbonyl (C=O) groups is 3. The van der Waals surface area contributed by atoms with Crippen LogP contribution in [0.15, 0.2) is 18.2 Å². The summed E-state index contributed by atoms with van der Waals surface area (Å²) in [5.74, 6) is -1.77. The number of ether oxygens (including phenoxy) is 1. The Labute approximate surface area is 124 Å². The van der Waals surface area contributed by atoms with E-state index in [-0.39, 0.29) is 17.0 Å². The van der Waals surface area contributed by atoms with Crippen molar-refractivity contribution in [3.63, 3.8) is 0 Å². The largest absolute Gasteiger partial charge is 0.490 e. The summed E-state index contributed by atoms with van der Waals surface area (Å²) in [6.07, 6.45) is 0. The monoisotopic (exact) mass is 310 g/mol. The van der Waals surface area contributed by atoms with E-state index in [0.29, 0.717) is 0 Å². The van der Waals surface area contributed by atoms with Crippen LogP contribution in [-0.4, -0.2) is 36.3 Å². The fraction of sp³-hybridized carbons (Fsp3) is 0.250. The lowest BCUT2D eigenvalue weighted by Crippen LogP contribution is -2.45. The summed E-state index contributed by atoms with van der Waals surface area (Å²) < 4.78 is 4.82. The van der Waals surface area contributed by atoms with Crippen molar-refractivity contribution in [2.75, 3.05) is 13.7 Å². The van der Waals surface area contributed by atoms with Crippen molar-refractivity contribution < 1.29 is 24.0 Å². The van der Waals surface area contributed by atoms with Crippen molar-refractivity contribution in [1.82, 2.24) is 16.2 Å². The maximum Gasteiger partial charge on any atom is 0.311 e. The second-order valence-corrected chi connectivity index (χ2v) is 4.06. The average Bonchev–Trinajstić information content (AvgIpc) is 2.49. The predicted octanol–water partition coefficient (Wildman–Crippen LogP) is -0.499. The van der Waals surface area contributed by atoms with E-state index < -0.39 is 29.2 Å². The average molecular weight is 310 g/mol. The molecule has 0 heterocycles. The summed E-state index contributed by atoms with van der Waals surface area (Å²) in [7, 11) is 1.27. The molecule has 1 aromatic rings. The minimum atomic E-state index is -0.681. The fourth-order valence-electron chi connectivity index (χ4n) is 1.44. The molecule has 0 aliphatic heterocycles. The molecular weight excluding hydrogens is 296 g/mol. The molecule has 22 heavy (non-hydrogen) atoms. The van der Waals surface area contributed by atoms with Crippen LogP contribution in [0, 0.1) is 10.1 Å². The second kappa shape index (κ2) is 7.57. The Morgan fingerprint density at radius 1 is 1.27 bits per heavy atom. The van der Waals surface area contributed by atoms with Gasteiger partial charge in [0.15, 0.2) is 5.75 Å². The van der Waals surface area contributed by atoms with E-state index in [0.717, 1.165) is 6.07 Å². The van der Waals surface area contributed by atoms with E-state index in [2.05, 4.69) is 16.2 Å². The van der Waals surface area contributed by atoms with Crippen LogP contribution in [0.1, 0.15) is 17.3 Å².